The minimum absolute atomic E-state index is 0.121. The summed E-state index contributed by atoms with van der Waals surface area (Å²) in [5.74, 6) is 0.393. The predicted octanol–water partition coefficient (Wildman–Crippen LogP) is 3.14. The first-order valence-electron chi connectivity index (χ1n) is 6.54. The Bertz CT molecular complexity index is 375. The largest absolute Gasteiger partial charge is 0.391 e. The molecule has 0 radical (unpaired) electrons. The van der Waals surface area contributed by atoms with E-state index < -0.39 is 0 Å². The van der Waals surface area contributed by atoms with Crippen molar-refractivity contribution in [2.24, 2.45) is 0 Å². The number of hydrogen-bond donors (Lipinski definition) is 1. The first kappa shape index (κ1) is 12.8. The molecule has 2 rings (SSSR count). The molecule has 1 saturated heterocycles. The lowest BCUT2D eigenvalue weighted by Crippen LogP contribution is -2.28. The third-order valence-electron chi connectivity index (χ3n) is 3.50. The minimum Gasteiger partial charge on any atom is -0.391 e. The smallest absolute Gasteiger partial charge is 0.186 e. The molecule has 0 spiro atoms. The molecule has 0 bridgehead atoms. The normalized spacial score (nSPS) is 20.5. The van der Waals surface area contributed by atoms with Gasteiger partial charge in [0.25, 0.3) is 0 Å². The van der Waals surface area contributed by atoms with Crippen molar-refractivity contribution in [2.75, 3.05) is 11.4 Å². The van der Waals surface area contributed by atoms with Crippen LogP contribution >= 0.6 is 11.3 Å². The highest BCUT2D eigenvalue weighted by molar-refractivity contribution is 7.15. The SMILES string of the molecule is CCC1CCCN1c1nc(C(C)C)c(CO)s1. The van der Waals surface area contributed by atoms with Crippen LogP contribution in [0.5, 0.6) is 0 Å². The topological polar surface area (TPSA) is 36.4 Å². The van der Waals surface area contributed by atoms with Crippen molar-refractivity contribution in [3.05, 3.63) is 10.6 Å². The zero-order valence-corrected chi connectivity index (χ0v) is 11.8. The molecule has 0 saturated carbocycles. The Labute approximate surface area is 107 Å². The van der Waals surface area contributed by atoms with Crippen LogP contribution in [-0.4, -0.2) is 22.7 Å². The van der Waals surface area contributed by atoms with Crippen LogP contribution in [0.3, 0.4) is 0 Å². The number of aliphatic hydroxyl groups excluding tert-OH is 1. The van der Waals surface area contributed by atoms with Gasteiger partial charge in [0.15, 0.2) is 5.13 Å². The average molecular weight is 254 g/mol. The van der Waals surface area contributed by atoms with E-state index in [4.69, 9.17) is 4.98 Å². The zero-order valence-electron chi connectivity index (χ0n) is 10.9. The number of aliphatic hydroxyl groups is 1. The highest BCUT2D eigenvalue weighted by Crippen LogP contribution is 2.35. The molecule has 0 aromatic carbocycles. The van der Waals surface area contributed by atoms with Gasteiger partial charge in [0.1, 0.15) is 0 Å². The molecule has 1 aromatic heterocycles. The number of hydrogen-bond acceptors (Lipinski definition) is 4. The van der Waals surface area contributed by atoms with Gasteiger partial charge in [-0.3, -0.25) is 0 Å². The molecule has 1 fully saturated rings. The molecule has 3 nitrogen and oxygen atoms in total. The van der Waals surface area contributed by atoms with E-state index in [1.165, 1.54) is 19.3 Å². The Morgan fingerprint density at radius 2 is 2.29 bits per heavy atom. The van der Waals surface area contributed by atoms with E-state index in [0.29, 0.717) is 12.0 Å². The fourth-order valence-corrected chi connectivity index (χ4v) is 3.72. The first-order valence-corrected chi connectivity index (χ1v) is 7.36. The van der Waals surface area contributed by atoms with Crippen molar-refractivity contribution >= 4 is 16.5 Å². The third-order valence-corrected chi connectivity index (χ3v) is 4.59. The van der Waals surface area contributed by atoms with Gasteiger partial charge in [0.2, 0.25) is 0 Å². The van der Waals surface area contributed by atoms with Crippen LogP contribution in [0.4, 0.5) is 5.13 Å². The average Bonchev–Trinajstić information content (AvgIpc) is 2.94. The standard InChI is InChI=1S/C13H22N2OS/c1-4-10-6-5-7-15(10)13-14-12(9(2)3)11(8-16)17-13/h9-10,16H,4-8H2,1-3H3. The lowest BCUT2D eigenvalue weighted by molar-refractivity contribution is 0.283. The molecular weight excluding hydrogens is 232 g/mol. The van der Waals surface area contributed by atoms with Gasteiger partial charge in [-0.25, -0.2) is 4.98 Å². The van der Waals surface area contributed by atoms with E-state index in [1.807, 2.05) is 0 Å². The Balaban J connectivity index is 2.26. The summed E-state index contributed by atoms with van der Waals surface area (Å²) in [7, 11) is 0. The summed E-state index contributed by atoms with van der Waals surface area (Å²) in [6.07, 6.45) is 3.73. The van der Waals surface area contributed by atoms with Crippen LogP contribution in [0.1, 0.15) is 56.5 Å². The molecule has 1 aliphatic heterocycles. The van der Waals surface area contributed by atoms with Crippen molar-refractivity contribution < 1.29 is 5.11 Å². The van der Waals surface area contributed by atoms with Crippen molar-refractivity contribution in [3.63, 3.8) is 0 Å². The van der Waals surface area contributed by atoms with E-state index in [-0.39, 0.29) is 6.61 Å². The number of rotatable bonds is 4. The van der Waals surface area contributed by atoms with Crippen molar-refractivity contribution in [1.82, 2.24) is 4.98 Å². The summed E-state index contributed by atoms with van der Waals surface area (Å²) >= 11 is 1.67. The molecule has 96 valence electrons. The zero-order chi connectivity index (χ0) is 12.4. The highest BCUT2D eigenvalue weighted by atomic mass is 32.1. The first-order chi connectivity index (χ1) is 8.17. The number of nitrogens with zero attached hydrogens (tertiary/aromatic N) is 2. The van der Waals surface area contributed by atoms with E-state index in [0.717, 1.165) is 22.2 Å². The fourth-order valence-electron chi connectivity index (χ4n) is 2.55. The van der Waals surface area contributed by atoms with Crippen LogP contribution in [0.2, 0.25) is 0 Å². The summed E-state index contributed by atoms with van der Waals surface area (Å²) in [4.78, 5) is 8.21. The molecule has 17 heavy (non-hydrogen) atoms. The molecule has 0 amide bonds. The third kappa shape index (κ3) is 2.47. The van der Waals surface area contributed by atoms with Gasteiger partial charge in [0, 0.05) is 12.6 Å². The quantitative estimate of drug-likeness (QED) is 0.896. The molecule has 1 aliphatic rings. The molecule has 0 aliphatic carbocycles. The second kappa shape index (κ2) is 5.36. The second-order valence-corrected chi connectivity index (χ2v) is 6.08. The summed E-state index contributed by atoms with van der Waals surface area (Å²) in [6, 6.07) is 0.646. The second-order valence-electron chi connectivity index (χ2n) is 5.02. The van der Waals surface area contributed by atoms with Gasteiger partial charge in [-0.15, -0.1) is 0 Å². The molecule has 4 heteroatoms. The number of anilines is 1. The molecule has 1 N–H and O–H groups in total. The van der Waals surface area contributed by atoms with Gasteiger partial charge in [-0.1, -0.05) is 32.1 Å². The molecular formula is C13H22N2OS. The van der Waals surface area contributed by atoms with Gasteiger partial charge >= 0.3 is 0 Å². The molecule has 1 aromatic rings. The maximum atomic E-state index is 9.40. The van der Waals surface area contributed by atoms with Gasteiger partial charge in [-0.05, 0) is 25.2 Å². The molecule has 2 heterocycles. The monoisotopic (exact) mass is 254 g/mol. The van der Waals surface area contributed by atoms with Crippen LogP contribution < -0.4 is 4.90 Å². The summed E-state index contributed by atoms with van der Waals surface area (Å²) in [5, 5.41) is 10.5. The summed E-state index contributed by atoms with van der Waals surface area (Å²) < 4.78 is 0. The van der Waals surface area contributed by atoms with Gasteiger partial charge < -0.3 is 10.0 Å². The highest BCUT2D eigenvalue weighted by Gasteiger charge is 2.26. The van der Waals surface area contributed by atoms with Crippen LogP contribution in [0.25, 0.3) is 0 Å². The van der Waals surface area contributed by atoms with E-state index in [2.05, 4.69) is 25.7 Å². The lowest BCUT2D eigenvalue weighted by Gasteiger charge is -2.22. The fraction of sp³-hybridized carbons (Fsp3) is 0.769. The Hall–Kier alpha value is -0.610. The van der Waals surface area contributed by atoms with Crippen LogP contribution in [-0.2, 0) is 6.61 Å². The van der Waals surface area contributed by atoms with Crippen molar-refractivity contribution in [2.45, 2.75) is 58.6 Å². The van der Waals surface area contributed by atoms with Crippen LogP contribution in [0.15, 0.2) is 0 Å². The van der Waals surface area contributed by atoms with Crippen LogP contribution in [0, 0.1) is 0 Å². The molecule has 1 atom stereocenters. The van der Waals surface area contributed by atoms with E-state index in [9.17, 15) is 5.11 Å². The predicted molar refractivity (Wildman–Crippen MR) is 72.8 cm³/mol. The van der Waals surface area contributed by atoms with Crippen molar-refractivity contribution in [3.8, 4) is 0 Å². The summed E-state index contributed by atoms with van der Waals surface area (Å²) in [6.45, 7) is 7.76. The number of aromatic nitrogens is 1. The Kier molecular flexibility index (Phi) is 4.05. The van der Waals surface area contributed by atoms with E-state index >= 15 is 0 Å². The maximum Gasteiger partial charge on any atom is 0.186 e. The van der Waals surface area contributed by atoms with Gasteiger partial charge in [0.05, 0.1) is 17.2 Å². The number of thiazole rings is 1. The maximum absolute atomic E-state index is 9.40. The summed E-state index contributed by atoms with van der Waals surface area (Å²) in [5.41, 5.74) is 1.08. The minimum atomic E-state index is 0.121. The molecule has 1 unspecified atom stereocenters. The van der Waals surface area contributed by atoms with Crippen molar-refractivity contribution in [1.29, 1.82) is 0 Å². The Morgan fingerprint density at radius 3 is 2.82 bits per heavy atom. The lowest BCUT2D eigenvalue weighted by atomic mass is 10.1. The Morgan fingerprint density at radius 1 is 1.53 bits per heavy atom. The van der Waals surface area contributed by atoms with Gasteiger partial charge in [-0.2, -0.15) is 0 Å². The van der Waals surface area contributed by atoms with E-state index in [1.54, 1.807) is 11.3 Å².